The molecule has 6 heteroatoms. The first-order valence-electron chi connectivity index (χ1n) is 10.2. The van der Waals surface area contributed by atoms with Gasteiger partial charge in [0.05, 0.1) is 18.9 Å². The van der Waals surface area contributed by atoms with Crippen LogP contribution in [0.3, 0.4) is 0 Å². The number of amides is 1. The van der Waals surface area contributed by atoms with Crippen molar-refractivity contribution in [2.24, 2.45) is 0 Å². The van der Waals surface area contributed by atoms with Crippen molar-refractivity contribution in [3.63, 3.8) is 0 Å². The molecule has 0 atom stereocenters. The highest BCUT2D eigenvalue weighted by atomic mass is 16.5. The van der Waals surface area contributed by atoms with Crippen molar-refractivity contribution in [1.29, 1.82) is 0 Å². The van der Waals surface area contributed by atoms with E-state index in [9.17, 15) is 9.90 Å². The highest BCUT2D eigenvalue weighted by Gasteiger charge is 2.38. The number of fused-ring (bicyclic) bond motifs is 1. The van der Waals surface area contributed by atoms with E-state index in [2.05, 4.69) is 53.8 Å². The van der Waals surface area contributed by atoms with Crippen LogP contribution in [-0.2, 0) is 23.3 Å². The lowest BCUT2D eigenvalue weighted by Gasteiger charge is -2.41. The minimum atomic E-state index is -0.835. The lowest BCUT2D eigenvalue weighted by Crippen LogP contribution is -2.47. The van der Waals surface area contributed by atoms with Crippen LogP contribution in [0.15, 0.2) is 42.5 Å². The summed E-state index contributed by atoms with van der Waals surface area (Å²) in [6.07, 6.45) is 0.714. The number of anilines is 1. The van der Waals surface area contributed by atoms with Crippen LogP contribution in [0, 0.1) is 6.92 Å². The first-order valence-corrected chi connectivity index (χ1v) is 10.2. The first-order chi connectivity index (χ1) is 14.0. The van der Waals surface area contributed by atoms with Crippen molar-refractivity contribution in [2.45, 2.75) is 38.3 Å². The second-order valence-electron chi connectivity index (χ2n) is 8.23. The summed E-state index contributed by atoms with van der Waals surface area (Å²) >= 11 is 0. The number of hydrogen-bond donors (Lipinski definition) is 2. The quantitative estimate of drug-likeness (QED) is 0.809. The number of carbonyl (C=O) groups is 1. The summed E-state index contributed by atoms with van der Waals surface area (Å²) in [6, 6.07) is 14.8. The van der Waals surface area contributed by atoms with Crippen molar-refractivity contribution < 1.29 is 14.6 Å². The molecule has 2 heterocycles. The summed E-state index contributed by atoms with van der Waals surface area (Å²) in [5, 5.41) is 11.4. The number of aryl methyl sites for hydroxylation is 1. The number of nitrogens with one attached hydrogen (secondary N) is 1. The number of carboxylic acid groups (broad SMARTS) is 1. The first kappa shape index (κ1) is 19.7. The molecule has 0 bridgehead atoms. The molecular weight excluding hydrogens is 366 g/mol. The number of hydrazine groups is 1. The zero-order valence-corrected chi connectivity index (χ0v) is 17.1. The molecule has 2 aliphatic heterocycles. The average Bonchev–Trinajstić information content (AvgIpc) is 3.09. The molecule has 4 rings (SSSR count). The molecule has 1 amide bonds. The van der Waals surface area contributed by atoms with Crippen LogP contribution in [0.25, 0.3) is 0 Å². The normalized spacial score (nSPS) is 18.0. The van der Waals surface area contributed by atoms with Crippen molar-refractivity contribution in [2.75, 3.05) is 31.8 Å². The number of hydrogen-bond acceptors (Lipinski definition) is 4. The van der Waals surface area contributed by atoms with E-state index in [1.54, 1.807) is 0 Å². The van der Waals surface area contributed by atoms with Crippen LogP contribution in [0.1, 0.15) is 35.1 Å². The largest absolute Gasteiger partial charge is 0.465 e. The number of likely N-dealkylation sites (tertiary alicyclic amines) is 1. The molecule has 29 heavy (non-hydrogen) atoms. The zero-order valence-electron chi connectivity index (χ0n) is 17.1. The number of ether oxygens (including phenoxy) is 1. The van der Waals surface area contributed by atoms with Crippen molar-refractivity contribution >= 4 is 11.8 Å². The van der Waals surface area contributed by atoms with Gasteiger partial charge in [-0.15, -0.1) is 0 Å². The fourth-order valence-corrected chi connectivity index (χ4v) is 4.68. The van der Waals surface area contributed by atoms with Gasteiger partial charge in [-0.1, -0.05) is 48.0 Å². The zero-order chi connectivity index (χ0) is 20.4. The van der Waals surface area contributed by atoms with E-state index in [1.165, 1.54) is 32.8 Å². The lowest BCUT2D eigenvalue weighted by atomic mass is 9.73. The molecule has 154 valence electrons. The molecule has 2 aliphatic rings. The molecule has 2 aromatic carbocycles. The number of rotatable bonds is 5. The Morgan fingerprint density at radius 1 is 1.21 bits per heavy atom. The molecule has 2 aromatic rings. The molecule has 6 nitrogen and oxygen atoms in total. The lowest BCUT2D eigenvalue weighted by molar-refractivity contribution is 0.0370. The Hall–Kier alpha value is -2.57. The molecular formula is C23H29N3O3. The number of piperidine rings is 1. The van der Waals surface area contributed by atoms with Gasteiger partial charge < -0.3 is 19.8 Å². The number of benzene rings is 2. The van der Waals surface area contributed by atoms with Crippen molar-refractivity contribution in [1.82, 2.24) is 10.3 Å². The third-order valence-electron chi connectivity index (χ3n) is 6.27. The summed E-state index contributed by atoms with van der Waals surface area (Å²) in [4.78, 5) is 12.9. The minimum Gasteiger partial charge on any atom is -0.465 e. The van der Waals surface area contributed by atoms with E-state index >= 15 is 0 Å². The molecule has 1 fully saturated rings. The Morgan fingerprint density at radius 3 is 2.62 bits per heavy atom. The van der Waals surface area contributed by atoms with Crippen LogP contribution in [-0.4, -0.2) is 42.8 Å². The van der Waals surface area contributed by atoms with Gasteiger partial charge in [0.2, 0.25) is 0 Å². The maximum Gasteiger partial charge on any atom is 0.407 e. The second-order valence-corrected chi connectivity index (χ2v) is 8.23. The van der Waals surface area contributed by atoms with Gasteiger partial charge in [-0.2, -0.15) is 0 Å². The van der Waals surface area contributed by atoms with Gasteiger partial charge in [-0.25, -0.2) is 10.2 Å². The van der Waals surface area contributed by atoms with E-state index in [4.69, 9.17) is 4.74 Å². The van der Waals surface area contributed by atoms with Gasteiger partial charge >= 0.3 is 6.09 Å². The van der Waals surface area contributed by atoms with Crippen LogP contribution < -0.4 is 10.4 Å². The summed E-state index contributed by atoms with van der Waals surface area (Å²) in [5.74, 6) is 0. The minimum absolute atomic E-state index is 0.148. The van der Waals surface area contributed by atoms with Crippen molar-refractivity contribution in [3.05, 3.63) is 64.7 Å². The summed E-state index contributed by atoms with van der Waals surface area (Å²) in [5.41, 5.74) is 9.40. The summed E-state index contributed by atoms with van der Waals surface area (Å²) in [7, 11) is 2.04. The van der Waals surface area contributed by atoms with E-state index < -0.39 is 6.09 Å². The standard InChI is InChI=1S/C23H29N3O3/c1-17-12-18-14-24-25(2)21(18)19(13-17)15-29-16-23(20-6-4-3-5-7-20)8-10-26(11-9-23)22(27)28/h3-7,12-13,24H,8-11,14-16H2,1-2H3,(H,27,28). The molecule has 0 aliphatic carbocycles. The Kier molecular flexibility index (Phi) is 5.48. The SMILES string of the molecule is Cc1cc2c(c(COCC3(c4ccccc4)CCN(C(=O)O)CC3)c1)N(C)NC2. The fourth-order valence-electron chi connectivity index (χ4n) is 4.68. The molecule has 0 saturated carbocycles. The number of nitrogens with zero attached hydrogens (tertiary/aromatic N) is 2. The summed E-state index contributed by atoms with van der Waals surface area (Å²) in [6.45, 7) is 5.19. The van der Waals surface area contributed by atoms with Crippen molar-refractivity contribution in [3.8, 4) is 0 Å². The highest BCUT2D eigenvalue weighted by Crippen LogP contribution is 2.37. The Labute approximate surface area is 172 Å². The Morgan fingerprint density at radius 2 is 1.93 bits per heavy atom. The maximum absolute atomic E-state index is 11.4. The third kappa shape index (κ3) is 3.95. The van der Waals surface area contributed by atoms with E-state index in [0.717, 1.165) is 19.4 Å². The molecule has 1 saturated heterocycles. The highest BCUT2D eigenvalue weighted by molar-refractivity contribution is 5.65. The van der Waals surface area contributed by atoms with E-state index in [0.29, 0.717) is 26.3 Å². The maximum atomic E-state index is 11.4. The predicted octanol–water partition coefficient (Wildman–Crippen LogP) is 3.68. The Balaban J connectivity index is 1.51. The Bertz CT molecular complexity index is 876. The van der Waals surface area contributed by atoms with Crippen LogP contribution in [0.4, 0.5) is 10.5 Å². The predicted molar refractivity (Wildman–Crippen MR) is 113 cm³/mol. The molecule has 0 aromatic heterocycles. The smallest absolute Gasteiger partial charge is 0.407 e. The van der Waals surface area contributed by atoms with E-state index in [1.807, 2.05) is 13.1 Å². The molecule has 0 spiro atoms. The van der Waals surface area contributed by atoms with Gasteiger partial charge in [0, 0.05) is 37.7 Å². The monoisotopic (exact) mass is 395 g/mol. The molecule has 0 radical (unpaired) electrons. The van der Waals surface area contributed by atoms with Gasteiger partial charge in [-0.05, 0) is 30.9 Å². The summed E-state index contributed by atoms with van der Waals surface area (Å²) < 4.78 is 6.32. The van der Waals surface area contributed by atoms with E-state index in [-0.39, 0.29) is 5.41 Å². The fraction of sp³-hybridized carbons (Fsp3) is 0.435. The molecule has 0 unspecified atom stereocenters. The van der Waals surface area contributed by atoms with Crippen LogP contribution in [0.2, 0.25) is 0 Å². The van der Waals surface area contributed by atoms with Gasteiger partial charge in [-0.3, -0.25) is 0 Å². The van der Waals surface area contributed by atoms with Gasteiger partial charge in [0.15, 0.2) is 0 Å². The second kappa shape index (κ2) is 8.05. The van der Waals surface area contributed by atoms with Crippen LogP contribution in [0.5, 0.6) is 0 Å². The third-order valence-corrected chi connectivity index (χ3v) is 6.27. The topological polar surface area (TPSA) is 65.0 Å². The van der Waals surface area contributed by atoms with Gasteiger partial charge in [0.1, 0.15) is 0 Å². The average molecular weight is 396 g/mol. The van der Waals surface area contributed by atoms with Gasteiger partial charge in [0.25, 0.3) is 0 Å². The molecule has 2 N–H and O–H groups in total. The van der Waals surface area contributed by atoms with Crippen LogP contribution >= 0.6 is 0 Å².